The Labute approximate surface area is 109 Å². The van der Waals surface area contributed by atoms with E-state index in [0.717, 1.165) is 0 Å². The van der Waals surface area contributed by atoms with E-state index in [1.165, 1.54) is 30.0 Å². The molecule has 18 heavy (non-hydrogen) atoms. The van der Waals surface area contributed by atoms with Gasteiger partial charge < -0.3 is 11.5 Å². The average Bonchev–Trinajstić information content (AvgIpc) is 2.28. The number of benzene rings is 1. The molecule has 1 heterocycles. The molecule has 1 amide bonds. The lowest BCUT2D eigenvalue weighted by atomic mass is 9.94. The van der Waals surface area contributed by atoms with Crippen molar-refractivity contribution in [3.05, 3.63) is 35.1 Å². The van der Waals surface area contributed by atoms with E-state index in [-0.39, 0.29) is 5.82 Å². The highest BCUT2D eigenvalue weighted by Gasteiger charge is 2.34. The number of rotatable bonds is 2. The molecule has 1 aromatic carbocycles. The average molecular weight is 267 g/mol. The molecule has 0 saturated carbocycles. The van der Waals surface area contributed by atoms with Gasteiger partial charge in [0, 0.05) is 17.7 Å². The minimum absolute atomic E-state index is 0.300. The molecule has 0 bridgehead atoms. The topological polar surface area (TPSA) is 81.5 Å². The largest absolute Gasteiger partial charge is 0.379 e. The molecule has 4 nitrogen and oxygen atoms in total. The van der Waals surface area contributed by atoms with Gasteiger partial charge in [0.1, 0.15) is 5.82 Å². The molecule has 2 rings (SSSR count). The third-order valence-electron chi connectivity index (χ3n) is 3.01. The summed E-state index contributed by atoms with van der Waals surface area (Å²) < 4.78 is 13.4. The van der Waals surface area contributed by atoms with E-state index in [4.69, 9.17) is 11.5 Å². The van der Waals surface area contributed by atoms with Crippen LogP contribution in [0.15, 0.2) is 23.2 Å². The normalized spacial score (nSPS) is 23.6. The van der Waals surface area contributed by atoms with Gasteiger partial charge in [-0.25, -0.2) is 4.39 Å². The van der Waals surface area contributed by atoms with Gasteiger partial charge in [-0.05, 0) is 31.5 Å². The van der Waals surface area contributed by atoms with Crippen LogP contribution in [0.3, 0.4) is 0 Å². The van der Waals surface area contributed by atoms with Gasteiger partial charge >= 0.3 is 0 Å². The number of hydrogen-bond donors (Lipinski definition) is 2. The van der Waals surface area contributed by atoms with Crippen molar-refractivity contribution in [3.8, 4) is 0 Å². The Morgan fingerprint density at radius 2 is 2.28 bits per heavy atom. The van der Waals surface area contributed by atoms with Crippen LogP contribution in [0.4, 0.5) is 4.39 Å². The molecule has 6 heteroatoms. The number of halogens is 1. The van der Waals surface area contributed by atoms with E-state index < -0.39 is 10.7 Å². The fraction of sp³-hybridized carbons (Fsp3) is 0.333. The molecular weight excluding hydrogens is 253 g/mol. The van der Waals surface area contributed by atoms with Crippen molar-refractivity contribution in [3.63, 3.8) is 0 Å². The molecule has 0 aromatic heterocycles. The molecule has 1 aliphatic rings. The monoisotopic (exact) mass is 267 g/mol. The molecule has 0 aliphatic carbocycles. The van der Waals surface area contributed by atoms with Crippen LogP contribution >= 0.6 is 11.8 Å². The quantitative estimate of drug-likeness (QED) is 0.853. The Kier molecular flexibility index (Phi) is 3.30. The van der Waals surface area contributed by atoms with Crippen LogP contribution in [0.5, 0.6) is 0 Å². The summed E-state index contributed by atoms with van der Waals surface area (Å²) in [4.78, 5) is 15.2. The lowest BCUT2D eigenvalue weighted by Crippen LogP contribution is -2.29. The molecule has 0 saturated heterocycles. The summed E-state index contributed by atoms with van der Waals surface area (Å²) in [5.74, 6) is -0.924. The van der Waals surface area contributed by atoms with Gasteiger partial charge in [-0.1, -0.05) is 11.8 Å². The van der Waals surface area contributed by atoms with Crippen molar-refractivity contribution in [2.24, 2.45) is 16.5 Å². The van der Waals surface area contributed by atoms with Crippen molar-refractivity contribution in [2.75, 3.05) is 6.54 Å². The van der Waals surface area contributed by atoms with Gasteiger partial charge in [-0.3, -0.25) is 9.79 Å². The van der Waals surface area contributed by atoms with Gasteiger partial charge in [0.2, 0.25) is 5.91 Å². The van der Waals surface area contributed by atoms with Crippen molar-refractivity contribution in [1.29, 1.82) is 0 Å². The van der Waals surface area contributed by atoms with Gasteiger partial charge in [-0.15, -0.1) is 0 Å². The number of primary amides is 1. The number of amides is 1. The summed E-state index contributed by atoms with van der Waals surface area (Å²) >= 11 is 1.31. The molecule has 0 fully saturated rings. The van der Waals surface area contributed by atoms with Gasteiger partial charge in [0.15, 0.2) is 5.17 Å². The zero-order valence-corrected chi connectivity index (χ0v) is 10.8. The Morgan fingerprint density at radius 3 is 2.89 bits per heavy atom. The van der Waals surface area contributed by atoms with Crippen LogP contribution in [0, 0.1) is 5.82 Å². The Bertz CT molecular complexity index is 532. The number of carbonyl (C=O) groups excluding carboxylic acids is 1. The minimum atomic E-state index is -0.567. The number of carbonyl (C=O) groups is 1. The van der Waals surface area contributed by atoms with Crippen molar-refractivity contribution >= 4 is 22.8 Å². The van der Waals surface area contributed by atoms with Crippen LogP contribution in [0.1, 0.15) is 29.3 Å². The number of thioether (sulfide) groups is 1. The third kappa shape index (κ3) is 2.33. The number of nitrogens with zero attached hydrogens (tertiary/aromatic N) is 1. The van der Waals surface area contributed by atoms with Crippen LogP contribution in [-0.4, -0.2) is 17.6 Å². The Morgan fingerprint density at radius 1 is 1.56 bits per heavy atom. The number of amidine groups is 1. The second kappa shape index (κ2) is 4.61. The third-order valence-corrected chi connectivity index (χ3v) is 4.22. The predicted molar refractivity (Wildman–Crippen MR) is 71.0 cm³/mol. The van der Waals surface area contributed by atoms with E-state index in [2.05, 4.69) is 4.99 Å². The highest BCUT2D eigenvalue weighted by Crippen LogP contribution is 2.42. The first kappa shape index (κ1) is 12.9. The molecule has 1 aliphatic heterocycles. The fourth-order valence-electron chi connectivity index (χ4n) is 1.97. The van der Waals surface area contributed by atoms with Crippen molar-refractivity contribution in [2.45, 2.75) is 18.1 Å². The minimum Gasteiger partial charge on any atom is -0.379 e. The van der Waals surface area contributed by atoms with E-state index >= 15 is 0 Å². The molecule has 0 unspecified atom stereocenters. The first-order chi connectivity index (χ1) is 8.42. The fourth-order valence-corrected chi connectivity index (χ4v) is 3.04. The first-order valence-electron chi connectivity index (χ1n) is 5.51. The van der Waals surface area contributed by atoms with Gasteiger partial charge in [-0.2, -0.15) is 0 Å². The highest BCUT2D eigenvalue weighted by atomic mass is 32.2. The van der Waals surface area contributed by atoms with Crippen LogP contribution in [0.25, 0.3) is 0 Å². The summed E-state index contributed by atoms with van der Waals surface area (Å²) in [5, 5.41) is 0.438. The first-order valence-corrected chi connectivity index (χ1v) is 6.33. The van der Waals surface area contributed by atoms with E-state index in [9.17, 15) is 9.18 Å². The zero-order chi connectivity index (χ0) is 13.3. The summed E-state index contributed by atoms with van der Waals surface area (Å²) in [6.07, 6.45) is 0.664. The maximum absolute atomic E-state index is 13.9. The Balaban J connectivity index is 2.46. The van der Waals surface area contributed by atoms with Crippen molar-refractivity contribution in [1.82, 2.24) is 0 Å². The van der Waals surface area contributed by atoms with E-state index in [1.807, 2.05) is 6.92 Å². The van der Waals surface area contributed by atoms with Gasteiger partial charge in [0.05, 0.1) is 4.75 Å². The van der Waals surface area contributed by atoms with Crippen LogP contribution in [-0.2, 0) is 4.75 Å². The smallest absolute Gasteiger partial charge is 0.248 e. The second-order valence-corrected chi connectivity index (χ2v) is 5.89. The summed E-state index contributed by atoms with van der Waals surface area (Å²) in [5.41, 5.74) is 11.7. The highest BCUT2D eigenvalue weighted by molar-refractivity contribution is 8.14. The summed E-state index contributed by atoms with van der Waals surface area (Å²) in [7, 11) is 0. The van der Waals surface area contributed by atoms with E-state index in [1.54, 1.807) is 0 Å². The summed E-state index contributed by atoms with van der Waals surface area (Å²) in [6.45, 7) is 2.44. The Hall–Kier alpha value is -1.56. The SMILES string of the molecule is C[C@]1(c2cc(C(N)=O)ccc2F)CCN=C(N)S1. The second-order valence-electron chi connectivity index (χ2n) is 4.36. The summed E-state index contributed by atoms with van der Waals surface area (Å²) in [6, 6.07) is 4.15. The van der Waals surface area contributed by atoms with Crippen molar-refractivity contribution < 1.29 is 9.18 Å². The maximum Gasteiger partial charge on any atom is 0.248 e. The lowest BCUT2D eigenvalue weighted by Gasteiger charge is -2.32. The number of aliphatic imine (C=N–C) groups is 1. The molecule has 0 spiro atoms. The molecule has 1 aromatic rings. The zero-order valence-electron chi connectivity index (χ0n) is 9.94. The maximum atomic E-state index is 13.9. The van der Waals surface area contributed by atoms with Crippen LogP contribution in [0.2, 0.25) is 0 Å². The van der Waals surface area contributed by atoms with E-state index in [0.29, 0.717) is 29.3 Å². The van der Waals surface area contributed by atoms with Gasteiger partial charge in [0.25, 0.3) is 0 Å². The predicted octanol–water partition coefficient (Wildman–Crippen LogP) is 1.59. The molecular formula is C12H14FN3OS. The molecule has 1 atom stereocenters. The number of hydrogen-bond acceptors (Lipinski definition) is 4. The number of nitrogens with two attached hydrogens (primary N) is 2. The standard InChI is InChI=1S/C12H14FN3OS/c1-12(4-5-16-11(15)18-12)8-6-7(10(14)17)2-3-9(8)13/h2-3,6H,4-5H2,1H3,(H2,14,17)(H2,15,16)/t12-/m1/s1. The molecule has 0 radical (unpaired) electrons. The van der Waals surface area contributed by atoms with Crippen LogP contribution < -0.4 is 11.5 Å². The lowest BCUT2D eigenvalue weighted by molar-refractivity contribution is 0.1000. The molecule has 4 N–H and O–H groups in total. The molecule has 96 valence electrons.